The average Bonchev–Trinajstić information content (AvgIpc) is 2.83. The van der Waals surface area contributed by atoms with E-state index >= 15 is 0 Å². The maximum Gasteiger partial charge on any atom is 0.124 e. The Labute approximate surface area is 107 Å². The molecule has 2 aliphatic rings. The van der Waals surface area contributed by atoms with E-state index in [0.717, 1.165) is 12.2 Å². The molecule has 1 aromatic rings. The van der Waals surface area contributed by atoms with Gasteiger partial charge in [-0.05, 0) is 30.9 Å². The van der Waals surface area contributed by atoms with E-state index in [4.69, 9.17) is 10.5 Å². The number of benzene rings is 1. The van der Waals surface area contributed by atoms with E-state index in [-0.39, 0.29) is 6.04 Å². The number of hydrogen-bond acceptors (Lipinski definition) is 3. The summed E-state index contributed by atoms with van der Waals surface area (Å²) in [6.45, 7) is 2.10. The number of hydrogen-bond donors (Lipinski definition) is 1. The molecule has 1 saturated heterocycles. The van der Waals surface area contributed by atoms with Crippen molar-refractivity contribution in [3.8, 4) is 5.75 Å². The first-order valence-corrected chi connectivity index (χ1v) is 7.50. The van der Waals surface area contributed by atoms with Gasteiger partial charge in [0, 0.05) is 23.9 Å². The van der Waals surface area contributed by atoms with E-state index in [0.29, 0.717) is 12.0 Å². The van der Waals surface area contributed by atoms with Gasteiger partial charge in [0.15, 0.2) is 0 Å². The van der Waals surface area contributed by atoms with Gasteiger partial charge in [-0.2, -0.15) is 11.8 Å². The number of thioether (sulfide) groups is 1. The molecular weight excluding hydrogens is 230 g/mol. The fourth-order valence-electron chi connectivity index (χ4n) is 2.79. The molecule has 17 heavy (non-hydrogen) atoms. The lowest BCUT2D eigenvalue weighted by molar-refractivity contribution is 0.110. The minimum absolute atomic E-state index is 0.147. The third-order valence-electron chi connectivity index (χ3n) is 3.82. The van der Waals surface area contributed by atoms with Gasteiger partial charge < -0.3 is 10.5 Å². The molecule has 3 heteroatoms. The lowest BCUT2D eigenvalue weighted by Gasteiger charge is -2.33. The van der Waals surface area contributed by atoms with Gasteiger partial charge >= 0.3 is 0 Å². The zero-order valence-electron chi connectivity index (χ0n) is 10.2. The second-order valence-electron chi connectivity index (χ2n) is 5.16. The first-order chi connectivity index (χ1) is 8.24. The van der Waals surface area contributed by atoms with Crippen molar-refractivity contribution in [3.05, 3.63) is 29.3 Å². The molecule has 3 atom stereocenters. The van der Waals surface area contributed by atoms with Gasteiger partial charge in [0.25, 0.3) is 0 Å². The van der Waals surface area contributed by atoms with Crippen molar-refractivity contribution >= 4 is 11.8 Å². The van der Waals surface area contributed by atoms with Gasteiger partial charge in [-0.25, -0.2) is 0 Å². The molecular formula is C14H19NOS. The van der Waals surface area contributed by atoms with Gasteiger partial charge in [0.1, 0.15) is 11.9 Å². The van der Waals surface area contributed by atoms with Crippen molar-refractivity contribution in [2.75, 3.05) is 11.5 Å². The van der Waals surface area contributed by atoms with E-state index in [1.54, 1.807) is 0 Å². The maximum absolute atomic E-state index is 6.29. The first-order valence-electron chi connectivity index (χ1n) is 6.34. The second-order valence-corrected chi connectivity index (χ2v) is 6.31. The van der Waals surface area contributed by atoms with Crippen molar-refractivity contribution in [2.45, 2.75) is 31.9 Å². The highest BCUT2D eigenvalue weighted by molar-refractivity contribution is 7.99. The Morgan fingerprint density at radius 1 is 1.41 bits per heavy atom. The summed E-state index contributed by atoms with van der Waals surface area (Å²) in [5.74, 6) is 4.22. The zero-order chi connectivity index (χ0) is 11.8. The average molecular weight is 249 g/mol. The van der Waals surface area contributed by atoms with Crippen molar-refractivity contribution in [3.63, 3.8) is 0 Å². The summed E-state index contributed by atoms with van der Waals surface area (Å²) >= 11 is 2.04. The van der Waals surface area contributed by atoms with E-state index in [1.807, 2.05) is 11.8 Å². The number of ether oxygens (including phenoxy) is 1. The molecule has 2 heterocycles. The van der Waals surface area contributed by atoms with Crippen molar-refractivity contribution in [1.29, 1.82) is 0 Å². The molecule has 3 rings (SSSR count). The normalized spacial score (nSPS) is 32.0. The smallest absolute Gasteiger partial charge is 0.124 e. The predicted octanol–water partition coefficient (Wildman–Crippen LogP) is 2.90. The summed E-state index contributed by atoms with van der Waals surface area (Å²) < 4.78 is 6.15. The largest absolute Gasteiger partial charge is 0.490 e. The summed E-state index contributed by atoms with van der Waals surface area (Å²) in [4.78, 5) is 0. The van der Waals surface area contributed by atoms with Crippen molar-refractivity contribution < 1.29 is 4.74 Å². The summed E-state index contributed by atoms with van der Waals surface area (Å²) in [6, 6.07) is 6.50. The van der Waals surface area contributed by atoms with Crippen LogP contribution in [0.3, 0.4) is 0 Å². The molecule has 0 aromatic heterocycles. The highest BCUT2D eigenvalue weighted by Crippen LogP contribution is 2.39. The van der Waals surface area contributed by atoms with Crippen LogP contribution in [0.5, 0.6) is 5.75 Å². The van der Waals surface area contributed by atoms with Gasteiger partial charge in [0.05, 0.1) is 0 Å². The molecule has 0 aliphatic carbocycles. The van der Waals surface area contributed by atoms with Gasteiger partial charge in [-0.1, -0.05) is 17.7 Å². The maximum atomic E-state index is 6.29. The van der Waals surface area contributed by atoms with Crippen LogP contribution >= 0.6 is 11.8 Å². The van der Waals surface area contributed by atoms with Gasteiger partial charge in [0.2, 0.25) is 0 Å². The van der Waals surface area contributed by atoms with Crippen LogP contribution in [0.2, 0.25) is 0 Å². The molecule has 2 N–H and O–H groups in total. The minimum Gasteiger partial charge on any atom is -0.490 e. The Balaban J connectivity index is 1.84. The Morgan fingerprint density at radius 3 is 3.06 bits per heavy atom. The van der Waals surface area contributed by atoms with Crippen molar-refractivity contribution in [1.82, 2.24) is 0 Å². The molecule has 2 aliphatic heterocycles. The third-order valence-corrected chi connectivity index (χ3v) is 5.01. The monoisotopic (exact) mass is 249 g/mol. The molecule has 0 bridgehead atoms. The van der Waals surface area contributed by atoms with Crippen LogP contribution in [0.4, 0.5) is 0 Å². The highest BCUT2D eigenvalue weighted by Gasteiger charge is 2.33. The van der Waals surface area contributed by atoms with Crippen LogP contribution in [-0.4, -0.2) is 17.6 Å². The topological polar surface area (TPSA) is 35.2 Å². The second kappa shape index (κ2) is 4.54. The first kappa shape index (κ1) is 11.4. The molecule has 0 saturated carbocycles. The summed E-state index contributed by atoms with van der Waals surface area (Å²) in [5, 5.41) is 0. The summed E-state index contributed by atoms with van der Waals surface area (Å²) in [7, 11) is 0. The fraction of sp³-hybridized carbons (Fsp3) is 0.571. The minimum atomic E-state index is 0.147. The quantitative estimate of drug-likeness (QED) is 0.831. The van der Waals surface area contributed by atoms with Crippen molar-refractivity contribution in [2.24, 2.45) is 11.7 Å². The summed E-state index contributed by atoms with van der Waals surface area (Å²) in [5.41, 5.74) is 8.74. The zero-order valence-corrected chi connectivity index (χ0v) is 11.0. The van der Waals surface area contributed by atoms with Crippen LogP contribution in [0.1, 0.15) is 30.0 Å². The lowest BCUT2D eigenvalue weighted by atomic mass is 9.89. The molecule has 2 nitrogen and oxygen atoms in total. The van der Waals surface area contributed by atoms with Crippen LogP contribution in [-0.2, 0) is 0 Å². The van der Waals surface area contributed by atoms with E-state index in [2.05, 4.69) is 25.1 Å². The van der Waals surface area contributed by atoms with Crippen LogP contribution in [0, 0.1) is 12.8 Å². The SMILES string of the molecule is Cc1ccc2c(c1)C(N)CC(C1CCSC1)O2. The fourth-order valence-corrected chi connectivity index (χ4v) is 4.11. The third kappa shape index (κ3) is 2.18. The molecule has 3 unspecified atom stereocenters. The molecule has 0 amide bonds. The van der Waals surface area contributed by atoms with E-state index < -0.39 is 0 Å². The number of rotatable bonds is 1. The Kier molecular flexibility index (Phi) is 3.05. The molecule has 1 aromatic carbocycles. The molecule has 1 fully saturated rings. The van der Waals surface area contributed by atoms with Crippen LogP contribution in [0.15, 0.2) is 18.2 Å². The predicted molar refractivity (Wildman–Crippen MR) is 72.6 cm³/mol. The molecule has 0 radical (unpaired) electrons. The molecule has 0 spiro atoms. The number of aryl methyl sites for hydroxylation is 1. The standard InChI is InChI=1S/C14H19NOS/c1-9-2-3-13-11(6-9)12(15)7-14(16-13)10-4-5-17-8-10/h2-3,6,10,12,14H,4-5,7-8,15H2,1H3. The molecule has 92 valence electrons. The highest BCUT2D eigenvalue weighted by atomic mass is 32.2. The number of nitrogens with two attached hydrogens (primary N) is 1. The Hall–Kier alpha value is -0.670. The number of fused-ring (bicyclic) bond motifs is 1. The van der Waals surface area contributed by atoms with Gasteiger partial charge in [-0.15, -0.1) is 0 Å². The Morgan fingerprint density at radius 2 is 2.29 bits per heavy atom. The van der Waals surface area contributed by atoms with Crippen LogP contribution in [0.25, 0.3) is 0 Å². The van der Waals surface area contributed by atoms with Crippen LogP contribution < -0.4 is 10.5 Å². The van der Waals surface area contributed by atoms with E-state index in [1.165, 1.54) is 29.1 Å². The lowest BCUT2D eigenvalue weighted by Crippen LogP contribution is -2.35. The van der Waals surface area contributed by atoms with E-state index in [9.17, 15) is 0 Å². The van der Waals surface area contributed by atoms with Gasteiger partial charge in [-0.3, -0.25) is 0 Å². The Bertz CT molecular complexity index is 415. The summed E-state index contributed by atoms with van der Waals surface area (Å²) in [6.07, 6.45) is 2.58.